The third-order valence-electron chi connectivity index (χ3n) is 4.03. The van der Waals surface area contributed by atoms with Crippen LogP contribution in [0.25, 0.3) is 11.0 Å². The molecule has 1 saturated heterocycles. The summed E-state index contributed by atoms with van der Waals surface area (Å²) in [7, 11) is 1.82. The Bertz CT molecular complexity index is 914. The Morgan fingerprint density at radius 1 is 1.46 bits per heavy atom. The van der Waals surface area contributed by atoms with Gasteiger partial charge in [0.15, 0.2) is 0 Å². The van der Waals surface area contributed by atoms with Crippen LogP contribution in [0.3, 0.4) is 0 Å². The van der Waals surface area contributed by atoms with E-state index in [9.17, 15) is 4.79 Å². The maximum absolute atomic E-state index is 12.5. The summed E-state index contributed by atoms with van der Waals surface area (Å²) in [6.45, 7) is 0.756. The number of nitrogens with zero attached hydrogens (tertiary/aromatic N) is 3. The monoisotopic (exact) mass is 362 g/mol. The van der Waals surface area contributed by atoms with Crippen LogP contribution in [0.1, 0.15) is 34.4 Å². The second-order valence-corrected chi connectivity index (χ2v) is 6.93. The first-order chi connectivity index (χ1) is 11.6. The number of hydrogen-bond acceptors (Lipinski definition) is 5. The number of imidazole rings is 1. The van der Waals surface area contributed by atoms with Gasteiger partial charge in [-0.3, -0.25) is 10.1 Å². The van der Waals surface area contributed by atoms with Gasteiger partial charge in [0, 0.05) is 19.0 Å². The van der Waals surface area contributed by atoms with Crippen LogP contribution in [-0.4, -0.2) is 27.0 Å². The highest BCUT2D eigenvalue weighted by Crippen LogP contribution is 2.31. The lowest BCUT2D eigenvalue weighted by molar-refractivity contribution is 0.101. The number of ether oxygens (including phenoxy) is 1. The number of thiazole rings is 1. The number of benzene rings is 1. The van der Waals surface area contributed by atoms with Crippen molar-refractivity contribution in [2.45, 2.75) is 18.9 Å². The molecular weight excluding hydrogens is 348 g/mol. The number of hydrogen-bond donors (Lipinski definition) is 1. The van der Waals surface area contributed by atoms with E-state index in [1.807, 2.05) is 19.2 Å². The summed E-state index contributed by atoms with van der Waals surface area (Å²) in [6, 6.07) is 5.48. The van der Waals surface area contributed by atoms with Gasteiger partial charge in [0.1, 0.15) is 16.8 Å². The lowest BCUT2D eigenvalue weighted by Gasteiger charge is -2.05. The molecule has 2 aromatic heterocycles. The van der Waals surface area contributed by atoms with Crippen LogP contribution >= 0.6 is 22.9 Å². The predicted octanol–water partition coefficient (Wildman–Crippen LogP) is 3.79. The van der Waals surface area contributed by atoms with Crippen molar-refractivity contribution in [1.29, 1.82) is 0 Å². The van der Waals surface area contributed by atoms with Crippen LogP contribution in [0.2, 0.25) is 5.02 Å². The molecule has 1 atom stereocenters. The number of rotatable bonds is 3. The van der Waals surface area contributed by atoms with E-state index < -0.39 is 0 Å². The number of para-hydroxylation sites is 1. The minimum Gasteiger partial charge on any atom is -0.371 e. The number of aryl methyl sites for hydroxylation is 1. The second-order valence-electron chi connectivity index (χ2n) is 5.63. The quantitative estimate of drug-likeness (QED) is 0.769. The van der Waals surface area contributed by atoms with Crippen LogP contribution in [0.15, 0.2) is 23.6 Å². The Balaban J connectivity index is 1.58. The summed E-state index contributed by atoms with van der Waals surface area (Å²) in [5, 5.41) is 6.00. The fraction of sp³-hybridized carbons (Fsp3) is 0.312. The van der Waals surface area contributed by atoms with Crippen molar-refractivity contribution in [3.05, 3.63) is 39.3 Å². The lowest BCUT2D eigenvalue weighted by atomic mass is 10.2. The maximum atomic E-state index is 12.5. The van der Waals surface area contributed by atoms with Gasteiger partial charge < -0.3 is 9.30 Å². The van der Waals surface area contributed by atoms with Gasteiger partial charge in [0.05, 0.1) is 16.1 Å². The summed E-state index contributed by atoms with van der Waals surface area (Å²) in [5.74, 6) is 0.153. The number of carbonyl (C=O) groups excluding carboxylic acids is 1. The highest BCUT2D eigenvalue weighted by molar-refractivity contribution is 7.09. The Morgan fingerprint density at radius 3 is 3.08 bits per heavy atom. The van der Waals surface area contributed by atoms with Gasteiger partial charge in [-0.05, 0) is 25.0 Å². The molecule has 8 heteroatoms. The first-order valence-corrected chi connectivity index (χ1v) is 8.88. The van der Waals surface area contributed by atoms with E-state index in [-0.39, 0.29) is 12.0 Å². The van der Waals surface area contributed by atoms with Gasteiger partial charge >= 0.3 is 0 Å². The molecule has 4 rings (SSSR count). The SMILES string of the molecule is Cn1c(NC(=O)c2csc(C3CCCO3)n2)nc2cccc(Cl)c21. The van der Waals surface area contributed by atoms with E-state index in [0.717, 1.165) is 35.5 Å². The van der Waals surface area contributed by atoms with Crippen molar-refractivity contribution in [1.82, 2.24) is 14.5 Å². The Hall–Kier alpha value is -1.96. The van der Waals surface area contributed by atoms with Crippen LogP contribution in [0.5, 0.6) is 0 Å². The molecule has 0 spiro atoms. The predicted molar refractivity (Wildman–Crippen MR) is 93.7 cm³/mol. The topological polar surface area (TPSA) is 69.0 Å². The van der Waals surface area contributed by atoms with E-state index in [4.69, 9.17) is 16.3 Å². The van der Waals surface area contributed by atoms with Gasteiger partial charge in [-0.2, -0.15) is 0 Å². The van der Waals surface area contributed by atoms with Gasteiger partial charge in [0.25, 0.3) is 5.91 Å². The van der Waals surface area contributed by atoms with E-state index in [0.29, 0.717) is 16.7 Å². The first-order valence-electron chi connectivity index (χ1n) is 7.63. The minimum atomic E-state index is -0.287. The average Bonchev–Trinajstić information content (AvgIpc) is 3.28. The third-order valence-corrected chi connectivity index (χ3v) is 5.27. The second kappa shape index (κ2) is 6.16. The van der Waals surface area contributed by atoms with E-state index in [1.54, 1.807) is 16.0 Å². The Kier molecular flexibility index (Phi) is 3.99. The largest absolute Gasteiger partial charge is 0.371 e. The van der Waals surface area contributed by atoms with Gasteiger partial charge in [-0.15, -0.1) is 11.3 Å². The van der Waals surface area contributed by atoms with Crippen molar-refractivity contribution < 1.29 is 9.53 Å². The van der Waals surface area contributed by atoms with Crippen molar-refractivity contribution in [2.75, 3.05) is 11.9 Å². The van der Waals surface area contributed by atoms with Gasteiger partial charge in [0.2, 0.25) is 5.95 Å². The Labute approximate surface area is 147 Å². The first kappa shape index (κ1) is 15.6. The zero-order valence-corrected chi connectivity index (χ0v) is 14.5. The standard InChI is InChI=1S/C16H15ClN4O2S/c1-21-13-9(17)4-2-5-10(13)19-16(21)20-14(22)11-8-24-15(18-11)12-6-3-7-23-12/h2,4-5,8,12H,3,6-7H2,1H3,(H,19,20,22). The van der Waals surface area contributed by atoms with Gasteiger partial charge in [-0.25, -0.2) is 9.97 Å². The molecule has 0 saturated carbocycles. The van der Waals surface area contributed by atoms with Crippen LogP contribution in [-0.2, 0) is 11.8 Å². The summed E-state index contributed by atoms with van der Waals surface area (Å²) < 4.78 is 7.37. The molecule has 1 aliphatic heterocycles. The molecule has 24 heavy (non-hydrogen) atoms. The fourth-order valence-corrected chi connectivity index (χ4v) is 3.99. The molecule has 124 valence electrons. The molecule has 3 heterocycles. The molecule has 3 aromatic rings. The number of carbonyl (C=O) groups is 1. The highest BCUT2D eigenvalue weighted by Gasteiger charge is 2.23. The maximum Gasteiger partial charge on any atom is 0.277 e. The molecule has 0 radical (unpaired) electrons. The van der Waals surface area contributed by atoms with Crippen LogP contribution < -0.4 is 5.32 Å². The molecule has 6 nitrogen and oxygen atoms in total. The van der Waals surface area contributed by atoms with Crippen molar-refractivity contribution in [2.24, 2.45) is 7.05 Å². The Morgan fingerprint density at radius 2 is 2.33 bits per heavy atom. The normalized spacial score (nSPS) is 17.5. The summed E-state index contributed by atoms with van der Waals surface area (Å²) in [5.41, 5.74) is 1.90. The molecule has 1 N–H and O–H groups in total. The number of amides is 1. The van der Waals surface area contributed by atoms with Crippen LogP contribution in [0.4, 0.5) is 5.95 Å². The van der Waals surface area contributed by atoms with Crippen LogP contribution in [0, 0.1) is 0 Å². The molecule has 1 aromatic carbocycles. The minimum absolute atomic E-state index is 0.0195. The smallest absolute Gasteiger partial charge is 0.277 e. The van der Waals surface area contributed by atoms with E-state index in [2.05, 4.69) is 15.3 Å². The van der Waals surface area contributed by atoms with E-state index >= 15 is 0 Å². The van der Waals surface area contributed by atoms with Crippen molar-refractivity contribution in [3.63, 3.8) is 0 Å². The fourth-order valence-electron chi connectivity index (χ4n) is 2.81. The van der Waals surface area contributed by atoms with Crippen molar-refractivity contribution >= 4 is 45.8 Å². The molecule has 1 fully saturated rings. The number of aromatic nitrogens is 3. The summed E-state index contributed by atoms with van der Waals surface area (Å²) >= 11 is 7.66. The molecular formula is C16H15ClN4O2S. The molecule has 0 aliphatic carbocycles. The zero-order chi connectivity index (χ0) is 16.7. The number of nitrogens with one attached hydrogen (secondary N) is 1. The summed E-state index contributed by atoms with van der Waals surface area (Å²) in [6.07, 6.45) is 2.01. The van der Waals surface area contributed by atoms with Crippen molar-refractivity contribution in [3.8, 4) is 0 Å². The molecule has 0 bridgehead atoms. The summed E-state index contributed by atoms with van der Waals surface area (Å²) in [4.78, 5) is 21.3. The van der Waals surface area contributed by atoms with Gasteiger partial charge in [-0.1, -0.05) is 17.7 Å². The molecule has 1 aliphatic rings. The average molecular weight is 363 g/mol. The molecule has 1 amide bonds. The number of halogens is 1. The lowest BCUT2D eigenvalue weighted by Crippen LogP contribution is -2.15. The zero-order valence-electron chi connectivity index (χ0n) is 13.0. The highest BCUT2D eigenvalue weighted by atomic mass is 35.5. The number of fused-ring (bicyclic) bond motifs is 1. The number of anilines is 1. The molecule has 1 unspecified atom stereocenters. The third kappa shape index (κ3) is 2.68. The van der Waals surface area contributed by atoms with E-state index in [1.165, 1.54) is 11.3 Å².